The standard InChI is InChI=1S/C29H36ClN9O2/c1-40-24-15-21-22(16-25(24)41-2)33-27(30)34-26(21)39-28(31)35-29(32,36-39)19-5-7-20(8-6-19)37-9-11-38(12-10-37)23-14-17-3-4-18(23)13-17/h5-8,15-18,23,36H,3-4,9-14,32H2,1-2H3,(H2,31,35). The van der Waals surface area contributed by atoms with Gasteiger partial charge >= 0.3 is 0 Å². The minimum absolute atomic E-state index is 0.0497. The maximum atomic E-state index is 6.77. The molecule has 3 fully saturated rings. The van der Waals surface area contributed by atoms with Crippen LogP contribution in [0.5, 0.6) is 11.5 Å². The van der Waals surface area contributed by atoms with Crippen LogP contribution in [0.4, 0.5) is 11.5 Å². The summed E-state index contributed by atoms with van der Waals surface area (Å²) in [4.78, 5) is 18.6. The average Bonchev–Trinajstić information content (AvgIpc) is 3.71. The molecular formula is C29H36ClN9O2. The third-order valence-corrected chi connectivity index (χ3v) is 9.49. The Morgan fingerprint density at radius 2 is 1.71 bits per heavy atom. The van der Waals surface area contributed by atoms with Gasteiger partial charge < -0.3 is 20.1 Å². The number of fused-ring (bicyclic) bond motifs is 3. The largest absolute Gasteiger partial charge is 0.493 e. The van der Waals surface area contributed by atoms with Gasteiger partial charge in [0.15, 0.2) is 17.3 Å². The minimum atomic E-state index is -1.29. The zero-order valence-electron chi connectivity index (χ0n) is 23.4. The van der Waals surface area contributed by atoms with Gasteiger partial charge in [0.05, 0.1) is 19.7 Å². The summed E-state index contributed by atoms with van der Waals surface area (Å²) < 4.78 is 10.9. The summed E-state index contributed by atoms with van der Waals surface area (Å²) in [6.45, 7) is 4.32. The van der Waals surface area contributed by atoms with Gasteiger partial charge in [-0.2, -0.15) is 10.4 Å². The molecule has 2 aliphatic carbocycles. The number of ether oxygens (including phenoxy) is 2. The fraction of sp³-hybridized carbons (Fsp3) is 0.483. The third-order valence-electron chi connectivity index (χ3n) is 9.32. The van der Waals surface area contributed by atoms with E-state index in [0.717, 1.165) is 49.6 Å². The summed E-state index contributed by atoms with van der Waals surface area (Å²) in [5.41, 5.74) is 18.9. The van der Waals surface area contributed by atoms with Gasteiger partial charge in [-0.3, -0.25) is 10.6 Å². The van der Waals surface area contributed by atoms with Crippen LogP contribution in [0.15, 0.2) is 41.4 Å². The predicted molar refractivity (Wildman–Crippen MR) is 160 cm³/mol. The van der Waals surface area contributed by atoms with E-state index in [1.54, 1.807) is 26.4 Å². The van der Waals surface area contributed by atoms with Crippen molar-refractivity contribution in [2.45, 2.75) is 37.5 Å². The van der Waals surface area contributed by atoms with E-state index in [9.17, 15) is 0 Å². The molecule has 2 aromatic carbocycles. The van der Waals surface area contributed by atoms with Crippen LogP contribution in [0.25, 0.3) is 10.9 Å². The lowest BCUT2D eigenvalue weighted by molar-refractivity contribution is 0.135. The molecule has 4 atom stereocenters. The Kier molecular flexibility index (Phi) is 6.57. The number of rotatable bonds is 6. The number of hydrogen-bond donors (Lipinski definition) is 3. The van der Waals surface area contributed by atoms with E-state index in [1.165, 1.54) is 36.4 Å². The molecule has 4 aliphatic rings. The highest BCUT2D eigenvalue weighted by Crippen LogP contribution is 2.47. The predicted octanol–water partition coefficient (Wildman–Crippen LogP) is 3.02. The molecule has 12 heteroatoms. The number of halogens is 1. The van der Waals surface area contributed by atoms with Crippen molar-refractivity contribution in [3.05, 3.63) is 47.2 Å². The number of nitrogens with one attached hydrogen (secondary N) is 1. The third kappa shape index (κ3) is 4.61. The second-order valence-electron chi connectivity index (χ2n) is 11.5. The summed E-state index contributed by atoms with van der Waals surface area (Å²) in [6, 6.07) is 12.5. The molecule has 41 heavy (non-hydrogen) atoms. The molecule has 0 spiro atoms. The van der Waals surface area contributed by atoms with E-state index in [4.69, 9.17) is 32.5 Å². The lowest BCUT2D eigenvalue weighted by Gasteiger charge is -2.42. The monoisotopic (exact) mass is 577 g/mol. The van der Waals surface area contributed by atoms with Crippen molar-refractivity contribution in [1.29, 1.82) is 0 Å². The maximum absolute atomic E-state index is 6.77. The van der Waals surface area contributed by atoms with Crippen LogP contribution in [0.3, 0.4) is 0 Å². The number of nitrogens with two attached hydrogens (primary N) is 2. The van der Waals surface area contributed by atoms with Crippen LogP contribution in [-0.4, -0.2) is 67.3 Å². The van der Waals surface area contributed by atoms with Gasteiger partial charge in [-0.15, -0.1) is 0 Å². The first-order chi connectivity index (χ1) is 19.8. The van der Waals surface area contributed by atoms with Gasteiger partial charge in [-0.1, -0.05) is 18.6 Å². The second-order valence-corrected chi connectivity index (χ2v) is 11.9. The van der Waals surface area contributed by atoms with Crippen molar-refractivity contribution in [3.63, 3.8) is 0 Å². The SMILES string of the molecule is COc1cc2nc(Cl)nc(N3NC(N)(c4ccc(N5CCN(C6CC7CCC6C7)CC5)cc4)N=C3N)c2cc1OC. The molecule has 2 saturated carbocycles. The number of methoxy groups -OCH3 is 2. The maximum Gasteiger partial charge on any atom is 0.224 e. The van der Waals surface area contributed by atoms with Crippen molar-refractivity contribution in [2.24, 2.45) is 28.3 Å². The molecular weight excluding hydrogens is 542 g/mol. The number of aromatic nitrogens is 2. The van der Waals surface area contributed by atoms with E-state index in [0.29, 0.717) is 28.2 Å². The molecule has 5 N–H and O–H groups in total. The Bertz CT molecular complexity index is 1490. The summed E-state index contributed by atoms with van der Waals surface area (Å²) in [5, 5.41) is 2.22. The highest BCUT2D eigenvalue weighted by atomic mass is 35.5. The van der Waals surface area contributed by atoms with Crippen LogP contribution >= 0.6 is 11.6 Å². The van der Waals surface area contributed by atoms with Gasteiger partial charge in [0.2, 0.25) is 17.0 Å². The average molecular weight is 578 g/mol. The Morgan fingerprint density at radius 3 is 2.37 bits per heavy atom. The molecule has 1 aromatic heterocycles. The molecule has 4 unspecified atom stereocenters. The molecule has 2 bridgehead atoms. The van der Waals surface area contributed by atoms with E-state index in [1.807, 2.05) is 12.1 Å². The zero-order valence-corrected chi connectivity index (χ0v) is 24.1. The van der Waals surface area contributed by atoms with Gasteiger partial charge in [-0.25, -0.2) is 15.0 Å². The first kappa shape index (κ1) is 26.5. The van der Waals surface area contributed by atoms with Crippen LogP contribution in [-0.2, 0) is 5.79 Å². The number of guanidine groups is 1. The van der Waals surface area contributed by atoms with E-state index in [2.05, 4.69) is 42.3 Å². The quantitative estimate of drug-likeness (QED) is 0.376. The van der Waals surface area contributed by atoms with E-state index < -0.39 is 5.79 Å². The van der Waals surface area contributed by atoms with Gasteiger partial charge in [0.1, 0.15) is 0 Å². The fourth-order valence-electron chi connectivity index (χ4n) is 7.25. The van der Waals surface area contributed by atoms with Crippen LogP contribution < -0.4 is 36.3 Å². The van der Waals surface area contributed by atoms with Gasteiger partial charge in [0, 0.05) is 54.9 Å². The molecule has 216 valence electrons. The van der Waals surface area contributed by atoms with E-state index in [-0.39, 0.29) is 11.2 Å². The fourth-order valence-corrected chi connectivity index (χ4v) is 7.42. The molecule has 3 heterocycles. The molecule has 11 nitrogen and oxygen atoms in total. The molecule has 0 radical (unpaired) electrons. The van der Waals surface area contributed by atoms with Gasteiger partial charge in [0.25, 0.3) is 0 Å². The highest BCUT2D eigenvalue weighted by molar-refractivity contribution is 6.29. The van der Waals surface area contributed by atoms with Crippen LogP contribution in [0.1, 0.15) is 31.2 Å². The smallest absolute Gasteiger partial charge is 0.224 e. The molecule has 0 amide bonds. The number of anilines is 2. The van der Waals surface area contributed by atoms with E-state index >= 15 is 0 Å². The first-order valence-electron chi connectivity index (χ1n) is 14.3. The summed E-state index contributed by atoms with van der Waals surface area (Å²) in [6.07, 6.45) is 5.74. The van der Waals surface area contributed by atoms with Crippen molar-refractivity contribution in [2.75, 3.05) is 50.3 Å². The Hall–Kier alpha value is -3.38. The van der Waals surface area contributed by atoms with Crippen molar-refractivity contribution < 1.29 is 9.47 Å². The lowest BCUT2D eigenvalue weighted by atomic mass is 9.93. The highest BCUT2D eigenvalue weighted by Gasteiger charge is 2.43. The minimum Gasteiger partial charge on any atom is -0.493 e. The van der Waals surface area contributed by atoms with Crippen molar-refractivity contribution in [1.82, 2.24) is 20.3 Å². The van der Waals surface area contributed by atoms with Crippen LogP contribution in [0.2, 0.25) is 5.28 Å². The van der Waals surface area contributed by atoms with Gasteiger partial charge in [-0.05, 0) is 60.9 Å². The number of piperazine rings is 1. The van der Waals surface area contributed by atoms with Crippen LogP contribution in [0, 0.1) is 11.8 Å². The molecule has 1 saturated heterocycles. The number of hydrogen-bond acceptors (Lipinski definition) is 11. The Labute approximate surface area is 244 Å². The topological polar surface area (TPSA) is 130 Å². The molecule has 7 rings (SSSR count). The number of nitrogens with zero attached hydrogens (tertiary/aromatic N) is 6. The molecule has 2 aliphatic heterocycles. The molecule has 3 aromatic rings. The summed E-state index contributed by atoms with van der Waals surface area (Å²) in [7, 11) is 3.13. The Balaban J connectivity index is 1.08. The van der Waals surface area contributed by atoms with Crippen molar-refractivity contribution >= 4 is 40.0 Å². The lowest BCUT2D eigenvalue weighted by Crippen LogP contribution is -2.53. The zero-order chi connectivity index (χ0) is 28.3. The summed E-state index contributed by atoms with van der Waals surface area (Å²) in [5.74, 6) is 2.22. The number of aliphatic imine (C=N–C) groups is 1. The normalized spacial score (nSPS) is 28.0. The number of hydrazine groups is 1. The number of benzene rings is 2. The van der Waals surface area contributed by atoms with Crippen molar-refractivity contribution in [3.8, 4) is 11.5 Å². The summed E-state index contributed by atoms with van der Waals surface area (Å²) >= 11 is 6.29. The second kappa shape index (κ2) is 10.2. The Morgan fingerprint density at radius 1 is 0.976 bits per heavy atom. The first-order valence-corrected chi connectivity index (χ1v) is 14.6.